The van der Waals surface area contributed by atoms with E-state index >= 15 is 0 Å². The Morgan fingerprint density at radius 1 is 1.20 bits per heavy atom. The number of aryl methyl sites for hydroxylation is 1. The summed E-state index contributed by atoms with van der Waals surface area (Å²) in [7, 11) is 0. The van der Waals surface area contributed by atoms with Crippen molar-refractivity contribution in [3.05, 3.63) is 64.2 Å². The van der Waals surface area contributed by atoms with Crippen molar-refractivity contribution >= 4 is 23.3 Å². The van der Waals surface area contributed by atoms with Crippen molar-refractivity contribution in [2.75, 3.05) is 5.32 Å². The molecule has 0 aromatic heterocycles. The molecule has 2 rings (SSSR count). The first kappa shape index (κ1) is 14.4. The molecule has 0 bridgehead atoms. The molecular weight excluding hydrogens is 274 g/mol. The van der Waals surface area contributed by atoms with Crippen molar-refractivity contribution in [1.29, 1.82) is 0 Å². The van der Waals surface area contributed by atoms with Crippen molar-refractivity contribution in [2.45, 2.75) is 19.9 Å². The number of carbonyl (C=O) groups is 1. The number of carboxylic acids is 1. The Morgan fingerprint density at radius 2 is 1.90 bits per heavy atom. The highest BCUT2D eigenvalue weighted by Gasteiger charge is 2.07. The van der Waals surface area contributed by atoms with Crippen molar-refractivity contribution < 1.29 is 9.90 Å². The number of nitrogens with one attached hydrogen (secondary N) is 1. The Hall–Kier alpha value is -2.00. The summed E-state index contributed by atoms with van der Waals surface area (Å²) in [5.74, 6) is -0.828. The molecule has 0 heterocycles. The minimum Gasteiger partial charge on any atom is -0.481 e. The molecule has 0 spiro atoms. The topological polar surface area (TPSA) is 49.3 Å². The minimum absolute atomic E-state index is 0.0272. The Balaban J connectivity index is 2.14. The molecule has 3 nitrogen and oxygen atoms in total. The maximum atomic E-state index is 10.9. The molecule has 4 heteroatoms. The third-order valence-electron chi connectivity index (χ3n) is 3.05. The highest BCUT2D eigenvalue weighted by molar-refractivity contribution is 6.33. The van der Waals surface area contributed by atoms with Crippen LogP contribution in [0.4, 0.5) is 5.69 Å². The maximum absolute atomic E-state index is 10.9. The molecule has 0 aliphatic heterocycles. The molecule has 0 atom stereocenters. The van der Waals surface area contributed by atoms with Gasteiger partial charge >= 0.3 is 5.97 Å². The monoisotopic (exact) mass is 289 g/mol. The van der Waals surface area contributed by atoms with Gasteiger partial charge in [-0.25, -0.2) is 0 Å². The highest BCUT2D eigenvalue weighted by Crippen LogP contribution is 2.23. The number of hydrogen-bond donors (Lipinski definition) is 2. The Morgan fingerprint density at radius 3 is 2.60 bits per heavy atom. The molecule has 0 radical (unpaired) electrons. The number of carboxylic acid groups (broad SMARTS) is 1. The van der Waals surface area contributed by atoms with Gasteiger partial charge in [0.1, 0.15) is 0 Å². The van der Waals surface area contributed by atoms with Crippen molar-refractivity contribution in [2.24, 2.45) is 0 Å². The first-order valence-electron chi connectivity index (χ1n) is 6.35. The van der Waals surface area contributed by atoms with E-state index in [-0.39, 0.29) is 6.42 Å². The number of benzene rings is 2. The van der Waals surface area contributed by atoms with E-state index in [0.717, 1.165) is 22.4 Å². The second-order valence-corrected chi connectivity index (χ2v) is 5.08. The van der Waals surface area contributed by atoms with Gasteiger partial charge in [0.05, 0.1) is 17.1 Å². The molecule has 2 aromatic carbocycles. The Kier molecular flexibility index (Phi) is 4.64. The van der Waals surface area contributed by atoms with Crippen LogP contribution in [0, 0.1) is 6.92 Å². The summed E-state index contributed by atoms with van der Waals surface area (Å²) in [6, 6.07) is 13.3. The van der Waals surface area contributed by atoms with E-state index < -0.39 is 5.97 Å². The van der Waals surface area contributed by atoms with Crippen molar-refractivity contribution in [3.8, 4) is 0 Å². The molecule has 0 aliphatic carbocycles. The molecule has 0 unspecified atom stereocenters. The van der Waals surface area contributed by atoms with Crippen LogP contribution in [-0.2, 0) is 17.8 Å². The van der Waals surface area contributed by atoms with Gasteiger partial charge in [-0.2, -0.15) is 0 Å². The fraction of sp³-hybridized carbons (Fsp3) is 0.188. The first-order chi connectivity index (χ1) is 9.56. The number of anilines is 1. The van der Waals surface area contributed by atoms with Gasteiger partial charge < -0.3 is 10.4 Å². The lowest BCUT2D eigenvalue weighted by Crippen LogP contribution is -2.07. The van der Waals surface area contributed by atoms with E-state index in [9.17, 15) is 4.79 Å². The van der Waals surface area contributed by atoms with E-state index in [2.05, 4.69) is 5.32 Å². The number of hydrogen-bond acceptors (Lipinski definition) is 2. The second-order valence-electron chi connectivity index (χ2n) is 4.68. The summed E-state index contributed by atoms with van der Waals surface area (Å²) >= 11 is 6.13. The zero-order valence-corrected chi connectivity index (χ0v) is 11.9. The molecular formula is C16H16ClNO2. The summed E-state index contributed by atoms with van der Waals surface area (Å²) in [6.45, 7) is 2.55. The van der Waals surface area contributed by atoms with Crippen LogP contribution >= 0.6 is 11.6 Å². The van der Waals surface area contributed by atoms with E-state index in [0.29, 0.717) is 11.6 Å². The van der Waals surface area contributed by atoms with Gasteiger partial charge in [-0.15, -0.1) is 0 Å². The SMILES string of the molecule is Cc1ccc(Cl)c(NCc2ccccc2CC(=O)O)c1. The predicted octanol–water partition coefficient (Wildman–Crippen LogP) is 3.89. The number of halogens is 1. The van der Waals surface area contributed by atoms with Crippen molar-refractivity contribution in [1.82, 2.24) is 0 Å². The normalized spacial score (nSPS) is 10.3. The molecule has 20 heavy (non-hydrogen) atoms. The predicted molar refractivity (Wildman–Crippen MR) is 81.3 cm³/mol. The zero-order valence-electron chi connectivity index (χ0n) is 11.2. The molecule has 0 saturated carbocycles. The Bertz CT molecular complexity index is 626. The number of rotatable bonds is 5. The van der Waals surface area contributed by atoms with Crippen LogP contribution in [0.5, 0.6) is 0 Å². The Labute approximate surface area is 123 Å². The molecule has 104 valence electrons. The molecule has 2 aromatic rings. The average molecular weight is 290 g/mol. The minimum atomic E-state index is -0.828. The first-order valence-corrected chi connectivity index (χ1v) is 6.72. The van der Waals surface area contributed by atoms with E-state index in [1.807, 2.05) is 49.4 Å². The summed E-state index contributed by atoms with van der Waals surface area (Å²) in [6.07, 6.45) is 0.0272. The molecule has 0 fully saturated rings. The largest absolute Gasteiger partial charge is 0.481 e. The fourth-order valence-electron chi connectivity index (χ4n) is 2.03. The fourth-order valence-corrected chi connectivity index (χ4v) is 2.21. The third-order valence-corrected chi connectivity index (χ3v) is 3.38. The van der Waals surface area contributed by atoms with E-state index in [1.165, 1.54) is 0 Å². The molecule has 0 saturated heterocycles. The van der Waals surface area contributed by atoms with Gasteiger partial charge in [0.2, 0.25) is 0 Å². The van der Waals surface area contributed by atoms with Crippen LogP contribution in [-0.4, -0.2) is 11.1 Å². The van der Waals surface area contributed by atoms with E-state index in [1.54, 1.807) is 0 Å². The highest BCUT2D eigenvalue weighted by atomic mass is 35.5. The molecule has 0 aliphatic rings. The summed E-state index contributed by atoms with van der Waals surface area (Å²) < 4.78 is 0. The van der Waals surface area contributed by atoms with Crippen LogP contribution in [0.15, 0.2) is 42.5 Å². The van der Waals surface area contributed by atoms with Crippen LogP contribution < -0.4 is 5.32 Å². The zero-order chi connectivity index (χ0) is 14.5. The smallest absolute Gasteiger partial charge is 0.307 e. The van der Waals surface area contributed by atoms with Crippen LogP contribution in [0.3, 0.4) is 0 Å². The summed E-state index contributed by atoms with van der Waals surface area (Å²) in [4.78, 5) is 10.9. The van der Waals surface area contributed by atoms with Crippen LogP contribution in [0.1, 0.15) is 16.7 Å². The second kappa shape index (κ2) is 6.44. The molecule has 2 N–H and O–H groups in total. The maximum Gasteiger partial charge on any atom is 0.307 e. The van der Waals surface area contributed by atoms with Gasteiger partial charge in [0, 0.05) is 6.54 Å². The molecule has 0 amide bonds. The lowest BCUT2D eigenvalue weighted by Gasteiger charge is -2.12. The van der Waals surface area contributed by atoms with Gasteiger partial charge in [-0.05, 0) is 35.7 Å². The van der Waals surface area contributed by atoms with Gasteiger partial charge in [-0.3, -0.25) is 4.79 Å². The third kappa shape index (κ3) is 3.75. The quantitative estimate of drug-likeness (QED) is 0.878. The van der Waals surface area contributed by atoms with Crippen molar-refractivity contribution in [3.63, 3.8) is 0 Å². The lowest BCUT2D eigenvalue weighted by molar-refractivity contribution is -0.136. The number of aliphatic carboxylic acids is 1. The average Bonchev–Trinajstić information content (AvgIpc) is 2.41. The van der Waals surface area contributed by atoms with Gasteiger partial charge in [-0.1, -0.05) is 41.9 Å². The van der Waals surface area contributed by atoms with Crippen LogP contribution in [0.25, 0.3) is 0 Å². The summed E-state index contributed by atoms with van der Waals surface area (Å²) in [5, 5.41) is 12.8. The van der Waals surface area contributed by atoms with Crippen LogP contribution in [0.2, 0.25) is 5.02 Å². The lowest BCUT2D eigenvalue weighted by atomic mass is 10.0. The van der Waals surface area contributed by atoms with E-state index in [4.69, 9.17) is 16.7 Å². The summed E-state index contributed by atoms with van der Waals surface area (Å²) in [5.41, 5.74) is 3.76. The van der Waals surface area contributed by atoms with Gasteiger partial charge in [0.25, 0.3) is 0 Å². The van der Waals surface area contributed by atoms with Gasteiger partial charge in [0.15, 0.2) is 0 Å². The standard InChI is InChI=1S/C16H16ClNO2/c1-11-6-7-14(17)15(8-11)18-10-13-5-3-2-4-12(13)9-16(19)20/h2-8,18H,9-10H2,1H3,(H,19,20).